The molecule has 0 unspecified atom stereocenters. The molecule has 0 aromatic rings. The van der Waals surface area contributed by atoms with Gasteiger partial charge in [0.1, 0.15) is 5.60 Å². The number of nitrogens with one attached hydrogen (secondary N) is 1. The number of piperazine rings is 1. The topological polar surface area (TPSA) is 44.8 Å². The van der Waals surface area contributed by atoms with E-state index in [1.54, 1.807) is 0 Å². The van der Waals surface area contributed by atoms with Crippen LogP contribution in [0.3, 0.4) is 0 Å². The third-order valence-electron chi connectivity index (χ3n) is 4.16. The molecule has 5 nitrogen and oxygen atoms in total. The van der Waals surface area contributed by atoms with Crippen molar-refractivity contribution in [2.75, 3.05) is 39.3 Å². The van der Waals surface area contributed by atoms with Gasteiger partial charge >= 0.3 is 6.09 Å². The molecule has 1 heterocycles. The number of nitrogens with zero attached hydrogens (tertiary/aromatic N) is 2. The summed E-state index contributed by atoms with van der Waals surface area (Å²) in [6, 6.07) is 0.660. The summed E-state index contributed by atoms with van der Waals surface area (Å²) in [5.41, 5.74) is -0.411. The SMILES string of the molecule is CCCC(CCC)NCCN1CCN(C(=O)OC(C)(C)C)CC1. The van der Waals surface area contributed by atoms with E-state index in [-0.39, 0.29) is 6.09 Å². The third-order valence-corrected chi connectivity index (χ3v) is 4.16. The monoisotopic (exact) mass is 327 g/mol. The van der Waals surface area contributed by atoms with Crippen LogP contribution in [0.4, 0.5) is 4.79 Å². The Morgan fingerprint density at radius 1 is 1.09 bits per heavy atom. The van der Waals surface area contributed by atoms with Gasteiger partial charge in [-0.05, 0) is 33.6 Å². The molecule has 1 saturated heterocycles. The Hall–Kier alpha value is -0.810. The molecule has 23 heavy (non-hydrogen) atoms. The first kappa shape index (κ1) is 20.2. The van der Waals surface area contributed by atoms with Crippen molar-refractivity contribution < 1.29 is 9.53 Å². The fourth-order valence-corrected chi connectivity index (χ4v) is 2.95. The van der Waals surface area contributed by atoms with Gasteiger partial charge in [0.2, 0.25) is 0 Å². The summed E-state index contributed by atoms with van der Waals surface area (Å²) in [6.45, 7) is 15.7. The minimum absolute atomic E-state index is 0.179. The van der Waals surface area contributed by atoms with Crippen molar-refractivity contribution in [2.45, 2.75) is 71.9 Å². The van der Waals surface area contributed by atoms with Crippen LogP contribution in [0.5, 0.6) is 0 Å². The Bertz CT molecular complexity index is 328. The third kappa shape index (κ3) is 8.56. The number of carbonyl (C=O) groups is 1. The van der Waals surface area contributed by atoms with E-state index in [1.807, 2.05) is 25.7 Å². The molecule has 0 aromatic heterocycles. The molecular formula is C18H37N3O2. The molecule has 0 spiro atoms. The van der Waals surface area contributed by atoms with E-state index in [2.05, 4.69) is 24.1 Å². The van der Waals surface area contributed by atoms with E-state index in [4.69, 9.17) is 4.74 Å². The lowest BCUT2D eigenvalue weighted by Gasteiger charge is -2.35. The van der Waals surface area contributed by atoms with Crippen molar-refractivity contribution >= 4 is 6.09 Å². The molecule has 1 N–H and O–H groups in total. The maximum absolute atomic E-state index is 12.0. The van der Waals surface area contributed by atoms with Crippen molar-refractivity contribution in [3.63, 3.8) is 0 Å². The van der Waals surface area contributed by atoms with Gasteiger partial charge in [-0.2, -0.15) is 0 Å². The van der Waals surface area contributed by atoms with E-state index in [0.29, 0.717) is 6.04 Å². The Morgan fingerprint density at radius 2 is 1.65 bits per heavy atom. The smallest absolute Gasteiger partial charge is 0.410 e. The quantitative estimate of drug-likeness (QED) is 0.744. The molecule has 136 valence electrons. The van der Waals surface area contributed by atoms with Gasteiger partial charge in [0, 0.05) is 45.3 Å². The van der Waals surface area contributed by atoms with Gasteiger partial charge in [-0.1, -0.05) is 26.7 Å². The first-order valence-electron chi connectivity index (χ1n) is 9.29. The summed E-state index contributed by atoms with van der Waals surface area (Å²) in [4.78, 5) is 16.3. The fourth-order valence-electron chi connectivity index (χ4n) is 2.95. The molecule has 0 atom stereocenters. The van der Waals surface area contributed by atoms with Crippen molar-refractivity contribution in [3.8, 4) is 0 Å². The second-order valence-electron chi connectivity index (χ2n) is 7.54. The highest BCUT2D eigenvalue weighted by Gasteiger charge is 2.25. The summed E-state index contributed by atoms with van der Waals surface area (Å²) in [7, 11) is 0. The van der Waals surface area contributed by atoms with E-state index < -0.39 is 5.60 Å². The number of hydrogen-bond acceptors (Lipinski definition) is 4. The molecule has 5 heteroatoms. The van der Waals surface area contributed by atoms with Crippen molar-refractivity contribution in [1.29, 1.82) is 0 Å². The van der Waals surface area contributed by atoms with Crippen molar-refractivity contribution in [1.82, 2.24) is 15.1 Å². The predicted molar refractivity (Wildman–Crippen MR) is 95.9 cm³/mol. The van der Waals surface area contributed by atoms with Gasteiger partial charge in [-0.25, -0.2) is 4.79 Å². The number of amides is 1. The largest absolute Gasteiger partial charge is 0.444 e. The maximum Gasteiger partial charge on any atom is 0.410 e. The van der Waals surface area contributed by atoms with Crippen LogP contribution < -0.4 is 5.32 Å². The molecule has 0 aliphatic carbocycles. The Labute approximate surface area is 142 Å². The van der Waals surface area contributed by atoms with Crippen LogP contribution in [-0.2, 0) is 4.74 Å². The molecule has 0 aromatic carbocycles. The molecule has 1 rings (SSSR count). The predicted octanol–water partition coefficient (Wildman–Crippen LogP) is 3.10. The molecule has 1 aliphatic heterocycles. The van der Waals surface area contributed by atoms with Gasteiger partial charge in [0.25, 0.3) is 0 Å². The molecule has 1 aliphatic rings. The number of carbonyl (C=O) groups excluding carboxylic acids is 1. The Balaban J connectivity index is 2.22. The Morgan fingerprint density at radius 3 is 2.13 bits per heavy atom. The molecule has 1 fully saturated rings. The van der Waals surface area contributed by atoms with E-state index in [9.17, 15) is 4.79 Å². The highest BCUT2D eigenvalue weighted by atomic mass is 16.6. The van der Waals surface area contributed by atoms with Crippen LogP contribution in [0.15, 0.2) is 0 Å². The molecule has 0 bridgehead atoms. The van der Waals surface area contributed by atoms with Crippen LogP contribution >= 0.6 is 0 Å². The lowest BCUT2D eigenvalue weighted by molar-refractivity contribution is 0.0146. The number of hydrogen-bond donors (Lipinski definition) is 1. The van der Waals surface area contributed by atoms with Crippen molar-refractivity contribution in [3.05, 3.63) is 0 Å². The van der Waals surface area contributed by atoms with Crippen LogP contribution in [0, 0.1) is 0 Å². The van der Waals surface area contributed by atoms with Gasteiger partial charge in [0.15, 0.2) is 0 Å². The molecule has 1 amide bonds. The Kier molecular flexibility index (Phi) is 8.92. The standard InChI is InChI=1S/C18H37N3O2/c1-6-8-16(9-7-2)19-10-11-20-12-14-21(15-13-20)17(22)23-18(3,4)5/h16,19H,6-15H2,1-5H3. The zero-order valence-electron chi connectivity index (χ0n) is 15.9. The zero-order valence-corrected chi connectivity index (χ0v) is 15.9. The lowest BCUT2D eigenvalue weighted by atomic mass is 10.1. The van der Waals surface area contributed by atoms with E-state index in [0.717, 1.165) is 39.3 Å². The zero-order chi connectivity index (χ0) is 17.3. The summed E-state index contributed by atoms with van der Waals surface area (Å²) < 4.78 is 5.43. The van der Waals surface area contributed by atoms with Crippen molar-refractivity contribution in [2.24, 2.45) is 0 Å². The van der Waals surface area contributed by atoms with Gasteiger partial charge in [-0.3, -0.25) is 4.90 Å². The van der Waals surface area contributed by atoms with Gasteiger partial charge < -0.3 is 15.0 Å². The van der Waals surface area contributed by atoms with Gasteiger partial charge in [0.05, 0.1) is 0 Å². The van der Waals surface area contributed by atoms with E-state index in [1.165, 1.54) is 25.7 Å². The second kappa shape index (κ2) is 10.1. The highest BCUT2D eigenvalue weighted by Crippen LogP contribution is 2.11. The summed E-state index contributed by atoms with van der Waals surface area (Å²) in [5, 5.41) is 3.69. The maximum atomic E-state index is 12.0. The summed E-state index contributed by atoms with van der Waals surface area (Å²) >= 11 is 0. The minimum Gasteiger partial charge on any atom is -0.444 e. The van der Waals surface area contributed by atoms with Crippen LogP contribution in [-0.4, -0.2) is 66.8 Å². The normalized spacial score (nSPS) is 16.9. The van der Waals surface area contributed by atoms with Crippen LogP contribution in [0.2, 0.25) is 0 Å². The average Bonchev–Trinajstić information content (AvgIpc) is 2.46. The average molecular weight is 328 g/mol. The second-order valence-corrected chi connectivity index (χ2v) is 7.54. The van der Waals surface area contributed by atoms with Crippen LogP contribution in [0.1, 0.15) is 60.3 Å². The first-order chi connectivity index (χ1) is 10.9. The molecule has 0 radical (unpaired) electrons. The summed E-state index contributed by atoms with van der Waals surface area (Å²) in [6.07, 6.45) is 4.83. The van der Waals surface area contributed by atoms with Crippen LogP contribution in [0.25, 0.3) is 0 Å². The number of rotatable bonds is 8. The van der Waals surface area contributed by atoms with Gasteiger partial charge in [-0.15, -0.1) is 0 Å². The molecular weight excluding hydrogens is 290 g/mol. The molecule has 0 saturated carbocycles. The fraction of sp³-hybridized carbons (Fsp3) is 0.944. The van der Waals surface area contributed by atoms with E-state index >= 15 is 0 Å². The minimum atomic E-state index is -0.411. The lowest BCUT2D eigenvalue weighted by Crippen LogP contribution is -2.51. The first-order valence-corrected chi connectivity index (χ1v) is 9.29. The summed E-state index contributed by atoms with van der Waals surface area (Å²) in [5.74, 6) is 0. The number of ether oxygens (including phenoxy) is 1. The highest BCUT2D eigenvalue weighted by molar-refractivity contribution is 5.68.